The second-order valence-electron chi connectivity index (χ2n) is 5.32. The predicted octanol–water partition coefficient (Wildman–Crippen LogP) is 4.12. The average molecular weight is 263 g/mol. The van der Waals surface area contributed by atoms with Crippen LogP contribution in [0.5, 0.6) is 0 Å². The van der Waals surface area contributed by atoms with Crippen LogP contribution in [0.15, 0.2) is 42.7 Å². The molecule has 0 bridgehead atoms. The Kier molecular flexibility index (Phi) is 3.18. The molecule has 0 fully saturated rings. The van der Waals surface area contributed by atoms with Gasteiger partial charge in [0.2, 0.25) is 0 Å². The van der Waals surface area contributed by atoms with Crippen LogP contribution < -0.4 is 0 Å². The van der Waals surface area contributed by atoms with E-state index >= 15 is 0 Å². The van der Waals surface area contributed by atoms with Gasteiger partial charge in [0.1, 0.15) is 0 Å². The van der Waals surface area contributed by atoms with Gasteiger partial charge >= 0.3 is 0 Å². The van der Waals surface area contributed by atoms with E-state index in [1.165, 1.54) is 5.56 Å². The predicted molar refractivity (Wildman–Crippen MR) is 81.6 cm³/mol. The monoisotopic (exact) mass is 263 g/mol. The zero-order valence-corrected chi connectivity index (χ0v) is 12.0. The standard InChI is InChI=1S/C17H17N3/c1-11(2)14-5-4-6-16-15(14)10-19-17(20-16)13-8-7-12(3)18-9-13/h4-11H,1-3H3. The molecule has 0 saturated carbocycles. The van der Waals surface area contributed by atoms with Crippen LogP contribution in [0.3, 0.4) is 0 Å². The number of nitrogens with zero attached hydrogens (tertiary/aromatic N) is 3. The van der Waals surface area contributed by atoms with E-state index in [1.807, 2.05) is 37.5 Å². The van der Waals surface area contributed by atoms with E-state index in [1.54, 1.807) is 0 Å². The van der Waals surface area contributed by atoms with Crippen molar-refractivity contribution in [3.8, 4) is 11.4 Å². The fourth-order valence-corrected chi connectivity index (χ4v) is 2.32. The second kappa shape index (κ2) is 5.00. The Morgan fingerprint density at radius 2 is 1.80 bits per heavy atom. The molecule has 0 N–H and O–H groups in total. The largest absolute Gasteiger partial charge is 0.261 e. The molecule has 0 aliphatic carbocycles. The summed E-state index contributed by atoms with van der Waals surface area (Å²) in [7, 11) is 0. The van der Waals surface area contributed by atoms with Gasteiger partial charge in [-0.05, 0) is 36.6 Å². The summed E-state index contributed by atoms with van der Waals surface area (Å²) in [5, 5.41) is 1.13. The van der Waals surface area contributed by atoms with Crippen LogP contribution >= 0.6 is 0 Å². The third-order valence-electron chi connectivity index (χ3n) is 3.45. The van der Waals surface area contributed by atoms with Crippen LogP contribution in [-0.4, -0.2) is 15.0 Å². The molecule has 20 heavy (non-hydrogen) atoms. The van der Waals surface area contributed by atoms with E-state index in [9.17, 15) is 0 Å². The van der Waals surface area contributed by atoms with Crippen LogP contribution in [0.2, 0.25) is 0 Å². The summed E-state index contributed by atoms with van der Waals surface area (Å²) >= 11 is 0. The molecule has 0 amide bonds. The quantitative estimate of drug-likeness (QED) is 0.698. The average Bonchev–Trinajstić information content (AvgIpc) is 2.46. The van der Waals surface area contributed by atoms with Gasteiger partial charge in [0.05, 0.1) is 5.52 Å². The van der Waals surface area contributed by atoms with Crippen molar-refractivity contribution >= 4 is 10.9 Å². The van der Waals surface area contributed by atoms with Crippen LogP contribution in [0.1, 0.15) is 31.0 Å². The van der Waals surface area contributed by atoms with Crippen LogP contribution in [0, 0.1) is 6.92 Å². The number of benzene rings is 1. The highest BCUT2D eigenvalue weighted by Gasteiger charge is 2.08. The molecule has 0 aliphatic rings. The van der Waals surface area contributed by atoms with E-state index in [-0.39, 0.29) is 0 Å². The lowest BCUT2D eigenvalue weighted by Crippen LogP contribution is -1.95. The first-order valence-electron chi connectivity index (χ1n) is 6.84. The van der Waals surface area contributed by atoms with Crippen molar-refractivity contribution in [2.24, 2.45) is 0 Å². The van der Waals surface area contributed by atoms with E-state index in [2.05, 4.69) is 40.9 Å². The molecule has 0 unspecified atom stereocenters. The number of aryl methyl sites for hydroxylation is 1. The summed E-state index contributed by atoms with van der Waals surface area (Å²) in [6.45, 7) is 6.35. The van der Waals surface area contributed by atoms with Gasteiger partial charge in [0.15, 0.2) is 5.82 Å². The lowest BCUT2D eigenvalue weighted by atomic mass is 9.99. The van der Waals surface area contributed by atoms with Crippen molar-refractivity contribution in [2.75, 3.05) is 0 Å². The van der Waals surface area contributed by atoms with Crippen LogP contribution in [0.4, 0.5) is 0 Å². The molecule has 3 aromatic rings. The first kappa shape index (κ1) is 12.7. The molecule has 3 nitrogen and oxygen atoms in total. The molecule has 2 aromatic heterocycles. The molecule has 0 atom stereocenters. The zero-order chi connectivity index (χ0) is 14.1. The molecular weight excluding hydrogens is 246 g/mol. The topological polar surface area (TPSA) is 38.7 Å². The minimum atomic E-state index is 0.467. The SMILES string of the molecule is Cc1ccc(-c2ncc3c(C(C)C)cccc3n2)cn1. The van der Waals surface area contributed by atoms with Crippen molar-refractivity contribution in [1.29, 1.82) is 0 Å². The summed E-state index contributed by atoms with van der Waals surface area (Å²) in [5.41, 5.74) is 4.22. The van der Waals surface area contributed by atoms with E-state index in [0.29, 0.717) is 5.92 Å². The van der Waals surface area contributed by atoms with Gasteiger partial charge in [-0.2, -0.15) is 0 Å². The van der Waals surface area contributed by atoms with Gasteiger partial charge in [-0.3, -0.25) is 4.98 Å². The summed E-state index contributed by atoms with van der Waals surface area (Å²) < 4.78 is 0. The van der Waals surface area contributed by atoms with Gasteiger partial charge in [-0.1, -0.05) is 26.0 Å². The lowest BCUT2D eigenvalue weighted by Gasteiger charge is -2.09. The maximum atomic E-state index is 4.67. The third-order valence-corrected chi connectivity index (χ3v) is 3.45. The van der Waals surface area contributed by atoms with Gasteiger partial charge in [-0.25, -0.2) is 9.97 Å². The Labute approximate surface area is 118 Å². The minimum Gasteiger partial charge on any atom is -0.261 e. The zero-order valence-electron chi connectivity index (χ0n) is 12.0. The van der Waals surface area contributed by atoms with Gasteiger partial charge < -0.3 is 0 Å². The molecule has 3 heteroatoms. The van der Waals surface area contributed by atoms with Crippen molar-refractivity contribution < 1.29 is 0 Å². The number of aromatic nitrogens is 3. The van der Waals surface area contributed by atoms with Crippen molar-refractivity contribution in [1.82, 2.24) is 15.0 Å². The molecule has 0 aliphatic heterocycles. The molecular formula is C17H17N3. The number of fused-ring (bicyclic) bond motifs is 1. The maximum Gasteiger partial charge on any atom is 0.161 e. The minimum absolute atomic E-state index is 0.467. The normalized spacial score (nSPS) is 11.2. The summed E-state index contributed by atoms with van der Waals surface area (Å²) in [5.74, 6) is 1.19. The smallest absolute Gasteiger partial charge is 0.161 e. The first-order chi connectivity index (χ1) is 9.65. The van der Waals surface area contributed by atoms with Crippen molar-refractivity contribution in [2.45, 2.75) is 26.7 Å². The fourth-order valence-electron chi connectivity index (χ4n) is 2.32. The molecule has 0 radical (unpaired) electrons. The van der Waals surface area contributed by atoms with Gasteiger partial charge in [0.25, 0.3) is 0 Å². The van der Waals surface area contributed by atoms with Gasteiger partial charge in [0, 0.05) is 29.0 Å². The number of hydrogen-bond donors (Lipinski definition) is 0. The molecule has 2 heterocycles. The van der Waals surface area contributed by atoms with E-state index < -0.39 is 0 Å². The molecule has 3 rings (SSSR count). The van der Waals surface area contributed by atoms with Crippen molar-refractivity contribution in [3.05, 3.63) is 54.0 Å². The first-order valence-corrected chi connectivity index (χ1v) is 6.84. The number of rotatable bonds is 2. The number of pyridine rings is 1. The fraction of sp³-hybridized carbons (Fsp3) is 0.235. The van der Waals surface area contributed by atoms with Gasteiger partial charge in [-0.15, -0.1) is 0 Å². The van der Waals surface area contributed by atoms with E-state index in [4.69, 9.17) is 0 Å². The van der Waals surface area contributed by atoms with Crippen molar-refractivity contribution in [3.63, 3.8) is 0 Å². The molecule has 100 valence electrons. The summed E-state index contributed by atoms with van der Waals surface area (Å²) in [6, 6.07) is 10.2. The van der Waals surface area contributed by atoms with E-state index in [0.717, 1.165) is 28.0 Å². The molecule has 0 saturated heterocycles. The van der Waals surface area contributed by atoms with Crippen LogP contribution in [0.25, 0.3) is 22.3 Å². The summed E-state index contributed by atoms with van der Waals surface area (Å²) in [4.78, 5) is 13.5. The Balaban J connectivity index is 2.14. The highest BCUT2D eigenvalue weighted by molar-refractivity contribution is 5.83. The second-order valence-corrected chi connectivity index (χ2v) is 5.32. The third kappa shape index (κ3) is 2.27. The number of hydrogen-bond acceptors (Lipinski definition) is 3. The highest BCUT2D eigenvalue weighted by Crippen LogP contribution is 2.25. The molecule has 1 aromatic carbocycles. The highest BCUT2D eigenvalue weighted by atomic mass is 14.9. The Hall–Kier alpha value is -2.29. The van der Waals surface area contributed by atoms with Crippen LogP contribution in [-0.2, 0) is 0 Å². The molecule has 0 spiro atoms. The Morgan fingerprint density at radius 3 is 2.50 bits per heavy atom. The Bertz CT molecular complexity index is 746. The summed E-state index contributed by atoms with van der Waals surface area (Å²) in [6.07, 6.45) is 3.75. The lowest BCUT2D eigenvalue weighted by molar-refractivity contribution is 0.875. The Morgan fingerprint density at radius 1 is 0.950 bits per heavy atom. The maximum absolute atomic E-state index is 4.67.